The Bertz CT molecular complexity index is 615. The van der Waals surface area contributed by atoms with E-state index >= 15 is 0 Å². The fraction of sp³-hybridized carbons (Fsp3) is 0.0526. The standard InChI is InChI=1S/C19H18/c1-15(2)13-14-16(3)18-11-7-8-12-19(18)17-9-5-4-6-10-17/h4-14H,1,3H2,2H3. The third kappa shape index (κ3) is 3.32. The van der Waals surface area contributed by atoms with Gasteiger partial charge in [-0.3, -0.25) is 0 Å². The molecule has 0 aliphatic rings. The Kier molecular flexibility index (Phi) is 4.15. The lowest BCUT2D eigenvalue weighted by Gasteiger charge is -2.09. The van der Waals surface area contributed by atoms with Crippen LogP contribution in [0.15, 0.2) is 85.5 Å². The Balaban J connectivity index is 2.42. The Morgan fingerprint density at radius 2 is 1.47 bits per heavy atom. The monoisotopic (exact) mass is 246 g/mol. The van der Waals surface area contributed by atoms with Crippen LogP contribution in [0, 0.1) is 0 Å². The lowest BCUT2D eigenvalue weighted by Crippen LogP contribution is -1.86. The van der Waals surface area contributed by atoms with Gasteiger partial charge in [-0.2, -0.15) is 0 Å². The van der Waals surface area contributed by atoms with Gasteiger partial charge in [0.2, 0.25) is 0 Å². The van der Waals surface area contributed by atoms with Gasteiger partial charge in [-0.25, -0.2) is 0 Å². The summed E-state index contributed by atoms with van der Waals surface area (Å²) < 4.78 is 0. The van der Waals surface area contributed by atoms with Crippen molar-refractivity contribution < 1.29 is 0 Å². The zero-order valence-electron chi connectivity index (χ0n) is 11.3. The maximum atomic E-state index is 4.16. The van der Waals surface area contributed by atoms with Crippen molar-refractivity contribution in [1.29, 1.82) is 0 Å². The van der Waals surface area contributed by atoms with Crippen LogP contribution >= 0.6 is 0 Å². The maximum absolute atomic E-state index is 4.16. The molecule has 0 atom stereocenters. The highest BCUT2D eigenvalue weighted by atomic mass is 14.1. The van der Waals surface area contributed by atoms with Crippen LogP contribution in [-0.4, -0.2) is 0 Å². The summed E-state index contributed by atoms with van der Waals surface area (Å²) in [5, 5.41) is 0. The Labute approximate surface area is 115 Å². The Morgan fingerprint density at radius 3 is 2.16 bits per heavy atom. The largest absolute Gasteiger partial charge is 0.0961 e. The van der Waals surface area contributed by atoms with Gasteiger partial charge in [0.1, 0.15) is 0 Å². The van der Waals surface area contributed by atoms with Crippen molar-refractivity contribution in [3.05, 3.63) is 91.0 Å². The first-order chi connectivity index (χ1) is 9.18. The molecule has 0 aliphatic carbocycles. The van der Waals surface area contributed by atoms with Gasteiger partial charge in [0.25, 0.3) is 0 Å². The average molecular weight is 246 g/mol. The highest BCUT2D eigenvalue weighted by Gasteiger charge is 2.05. The van der Waals surface area contributed by atoms with E-state index < -0.39 is 0 Å². The third-order valence-electron chi connectivity index (χ3n) is 2.93. The van der Waals surface area contributed by atoms with Crippen molar-refractivity contribution >= 4 is 5.57 Å². The molecular formula is C19H18. The van der Waals surface area contributed by atoms with Gasteiger partial charge in [0, 0.05) is 0 Å². The van der Waals surface area contributed by atoms with Gasteiger partial charge in [0.15, 0.2) is 0 Å². The summed E-state index contributed by atoms with van der Waals surface area (Å²) in [6, 6.07) is 18.7. The highest BCUT2D eigenvalue weighted by molar-refractivity contribution is 5.84. The van der Waals surface area contributed by atoms with Gasteiger partial charge < -0.3 is 0 Å². The molecule has 0 radical (unpaired) electrons. The highest BCUT2D eigenvalue weighted by Crippen LogP contribution is 2.28. The predicted molar refractivity (Wildman–Crippen MR) is 84.9 cm³/mol. The van der Waals surface area contributed by atoms with Crippen molar-refractivity contribution in [3.8, 4) is 11.1 Å². The summed E-state index contributed by atoms with van der Waals surface area (Å²) >= 11 is 0. The molecule has 0 saturated carbocycles. The minimum Gasteiger partial charge on any atom is -0.0961 e. The first-order valence-electron chi connectivity index (χ1n) is 6.36. The van der Waals surface area contributed by atoms with E-state index in [-0.39, 0.29) is 0 Å². The molecule has 0 N–H and O–H groups in total. The topological polar surface area (TPSA) is 0 Å². The number of hydrogen-bond acceptors (Lipinski definition) is 0. The summed E-state index contributed by atoms with van der Waals surface area (Å²) in [5.74, 6) is 0. The van der Waals surface area contributed by atoms with E-state index in [1.54, 1.807) is 0 Å². The third-order valence-corrected chi connectivity index (χ3v) is 2.93. The molecule has 0 saturated heterocycles. The summed E-state index contributed by atoms with van der Waals surface area (Å²) in [6.07, 6.45) is 4.01. The molecule has 0 bridgehead atoms. The zero-order valence-corrected chi connectivity index (χ0v) is 11.3. The molecule has 0 heterocycles. The summed E-state index contributed by atoms with van der Waals surface area (Å²) in [4.78, 5) is 0. The molecule has 0 fully saturated rings. The summed E-state index contributed by atoms with van der Waals surface area (Å²) in [6.45, 7) is 10.0. The van der Waals surface area contributed by atoms with Crippen molar-refractivity contribution in [2.24, 2.45) is 0 Å². The van der Waals surface area contributed by atoms with Crippen LogP contribution in [0.5, 0.6) is 0 Å². The SMILES string of the molecule is C=C(C)C=CC(=C)c1ccccc1-c1ccccc1. The minimum absolute atomic E-state index is 1.00. The normalized spacial score (nSPS) is 10.6. The molecule has 2 aromatic rings. The number of hydrogen-bond donors (Lipinski definition) is 0. The summed E-state index contributed by atoms with van der Waals surface area (Å²) in [7, 11) is 0. The van der Waals surface area contributed by atoms with Crippen molar-refractivity contribution in [3.63, 3.8) is 0 Å². The van der Waals surface area contributed by atoms with Gasteiger partial charge >= 0.3 is 0 Å². The number of allylic oxidation sites excluding steroid dienone is 4. The lowest BCUT2D eigenvalue weighted by molar-refractivity contribution is 1.54. The van der Waals surface area contributed by atoms with Gasteiger partial charge in [-0.1, -0.05) is 85.5 Å². The fourth-order valence-corrected chi connectivity index (χ4v) is 1.97. The van der Waals surface area contributed by atoms with Crippen molar-refractivity contribution in [2.45, 2.75) is 6.92 Å². The second-order valence-corrected chi connectivity index (χ2v) is 4.62. The molecule has 19 heavy (non-hydrogen) atoms. The van der Waals surface area contributed by atoms with Crippen molar-refractivity contribution in [2.75, 3.05) is 0 Å². The van der Waals surface area contributed by atoms with Crippen LogP contribution in [0.1, 0.15) is 12.5 Å². The van der Waals surface area contributed by atoms with E-state index in [1.807, 2.05) is 31.2 Å². The first-order valence-corrected chi connectivity index (χ1v) is 6.36. The molecule has 0 aliphatic heterocycles. The van der Waals surface area contributed by atoms with Crippen LogP contribution in [0.25, 0.3) is 16.7 Å². The zero-order chi connectivity index (χ0) is 13.7. The molecule has 0 nitrogen and oxygen atoms in total. The second-order valence-electron chi connectivity index (χ2n) is 4.62. The van der Waals surface area contributed by atoms with E-state index in [0.717, 1.165) is 16.7 Å². The number of rotatable bonds is 4. The number of benzene rings is 2. The van der Waals surface area contributed by atoms with Gasteiger partial charge in [-0.05, 0) is 29.2 Å². The van der Waals surface area contributed by atoms with Crippen LogP contribution in [0.4, 0.5) is 0 Å². The molecule has 0 aromatic heterocycles. The van der Waals surface area contributed by atoms with E-state index in [9.17, 15) is 0 Å². The Hall–Kier alpha value is -2.34. The predicted octanol–water partition coefficient (Wildman–Crippen LogP) is 5.50. The van der Waals surface area contributed by atoms with Crippen LogP contribution < -0.4 is 0 Å². The van der Waals surface area contributed by atoms with Crippen molar-refractivity contribution in [1.82, 2.24) is 0 Å². The van der Waals surface area contributed by atoms with E-state index in [1.165, 1.54) is 11.1 Å². The van der Waals surface area contributed by atoms with Crippen LogP contribution in [0.3, 0.4) is 0 Å². The smallest absolute Gasteiger partial charge is 0.0106 e. The molecule has 2 rings (SSSR count). The van der Waals surface area contributed by atoms with E-state index in [2.05, 4.69) is 55.6 Å². The molecule has 0 unspecified atom stereocenters. The Morgan fingerprint density at radius 1 is 0.842 bits per heavy atom. The minimum atomic E-state index is 1.00. The van der Waals surface area contributed by atoms with Gasteiger partial charge in [-0.15, -0.1) is 0 Å². The average Bonchev–Trinajstić information content (AvgIpc) is 2.45. The fourth-order valence-electron chi connectivity index (χ4n) is 1.97. The molecule has 0 amide bonds. The molecule has 2 aromatic carbocycles. The molecule has 0 spiro atoms. The van der Waals surface area contributed by atoms with Crippen LogP contribution in [-0.2, 0) is 0 Å². The van der Waals surface area contributed by atoms with E-state index in [4.69, 9.17) is 0 Å². The van der Waals surface area contributed by atoms with Crippen LogP contribution in [0.2, 0.25) is 0 Å². The summed E-state index contributed by atoms with van der Waals surface area (Å²) in [5.41, 5.74) is 5.61. The lowest BCUT2D eigenvalue weighted by atomic mass is 9.95. The quantitative estimate of drug-likeness (QED) is 0.625. The van der Waals surface area contributed by atoms with Gasteiger partial charge in [0.05, 0.1) is 0 Å². The van der Waals surface area contributed by atoms with E-state index in [0.29, 0.717) is 0 Å². The maximum Gasteiger partial charge on any atom is -0.0106 e. The molecular weight excluding hydrogens is 228 g/mol. The second kappa shape index (κ2) is 6.01. The first kappa shape index (κ1) is 13.1. The molecule has 0 heteroatoms. The molecule has 94 valence electrons.